The van der Waals surface area contributed by atoms with Gasteiger partial charge in [0.25, 0.3) is 5.91 Å². The molecule has 20 heavy (non-hydrogen) atoms. The Bertz CT molecular complexity index is 588. The molecule has 1 unspecified atom stereocenters. The third-order valence-corrected chi connectivity index (χ3v) is 3.65. The number of fused-ring (bicyclic) bond motifs is 1. The highest BCUT2D eigenvalue weighted by Gasteiger charge is 2.31. The second kappa shape index (κ2) is 5.32. The minimum atomic E-state index is -0.462. The fourth-order valence-electron chi connectivity index (χ4n) is 2.12. The maximum Gasteiger partial charge on any atom is 0.253 e. The summed E-state index contributed by atoms with van der Waals surface area (Å²) in [5.41, 5.74) is 0.806. The van der Waals surface area contributed by atoms with Crippen molar-refractivity contribution < 1.29 is 14.3 Å². The van der Waals surface area contributed by atoms with Gasteiger partial charge in [-0.1, -0.05) is 6.92 Å². The Labute approximate surface area is 124 Å². The first-order chi connectivity index (χ1) is 9.69. The van der Waals surface area contributed by atoms with Gasteiger partial charge in [-0.3, -0.25) is 15.1 Å². The van der Waals surface area contributed by atoms with Crippen LogP contribution < -0.4 is 20.1 Å². The van der Waals surface area contributed by atoms with Gasteiger partial charge in [0.05, 0.1) is 4.47 Å². The third-order valence-electron chi connectivity index (χ3n) is 3.06. The highest BCUT2D eigenvalue weighted by molar-refractivity contribution is 9.10. The molecule has 0 saturated carbocycles. The number of amides is 1. The van der Waals surface area contributed by atoms with E-state index >= 15 is 0 Å². The van der Waals surface area contributed by atoms with Gasteiger partial charge in [-0.2, -0.15) is 0 Å². The van der Waals surface area contributed by atoms with Crippen molar-refractivity contribution in [3.8, 4) is 11.5 Å². The van der Waals surface area contributed by atoms with Gasteiger partial charge >= 0.3 is 0 Å². The van der Waals surface area contributed by atoms with E-state index in [1.54, 1.807) is 0 Å². The molecule has 3 rings (SSSR count). The van der Waals surface area contributed by atoms with Crippen LogP contribution in [0.1, 0.15) is 24.9 Å². The van der Waals surface area contributed by atoms with Crippen molar-refractivity contribution in [1.82, 2.24) is 10.6 Å². The van der Waals surface area contributed by atoms with Gasteiger partial charge < -0.3 is 14.8 Å². The van der Waals surface area contributed by atoms with Gasteiger partial charge in [-0.25, -0.2) is 0 Å². The average molecular weight is 340 g/mol. The zero-order valence-electron chi connectivity index (χ0n) is 10.9. The van der Waals surface area contributed by atoms with Crippen molar-refractivity contribution in [2.45, 2.75) is 19.4 Å². The van der Waals surface area contributed by atoms with E-state index in [2.05, 4.69) is 31.6 Å². The summed E-state index contributed by atoms with van der Waals surface area (Å²) in [6.45, 7) is 2.91. The van der Waals surface area contributed by atoms with E-state index in [0.29, 0.717) is 24.0 Å². The number of hydrogen-bond donors (Lipinski definition) is 2. The summed E-state index contributed by atoms with van der Waals surface area (Å²) >= 11 is 3.43. The number of nitrogens with one attached hydrogen (secondary N) is 2. The van der Waals surface area contributed by atoms with E-state index in [1.807, 2.05) is 19.1 Å². The van der Waals surface area contributed by atoms with Gasteiger partial charge in [0.1, 0.15) is 6.04 Å². The number of guanidine groups is 1. The normalized spacial score (nSPS) is 22.0. The number of carbonyl (C=O) groups excluding carboxylic acids is 1. The summed E-state index contributed by atoms with van der Waals surface area (Å²) < 4.78 is 11.5. The SMILES string of the molecule is CCCN=C1NC(=O)C(c2cc(Br)c3c(c2)OCO3)N1. The van der Waals surface area contributed by atoms with E-state index in [4.69, 9.17) is 9.47 Å². The molecule has 0 radical (unpaired) electrons. The zero-order valence-corrected chi connectivity index (χ0v) is 12.5. The van der Waals surface area contributed by atoms with Crippen LogP contribution in [0.2, 0.25) is 0 Å². The van der Waals surface area contributed by atoms with Crippen molar-refractivity contribution in [3.63, 3.8) is 0 Å². The molecule has 1 atom stereocenters. The minimum Gasteiger partial charge on any atom is -0.454 e. The minimum absolute atomic E-state index is 0.120. The first kappa shape index (κ1) is 13.2. The smallest absolute Gasteiger partial charge is 0.253 e. The van der Waals surface area contributed by atoms with E-state index < -0.39 is 6.04 Å². The van der Waals surface area contributed by atoms with Crippen LogP contribution in [0, 0.1) is 0 Å². The second-order valence-electron chi connectivity index (χ2n) is 4.53. The molecule has 1 amide bonds. The molecule has 1 aromatic rings. The predicted molar refractivity (Wildman–Crippen MR) is 76.9 cm³/mol. The summed E-state index contributed by atoms with van der Waals surface area (Å²) in [6.07, 6.45) is 0.932. The highest BCUT2D eigenvalue weighted by Crippen LogP contribution is 2.41. The van der Waals surface area contributed by atoms with Gasteiger partial charge in [-0.15, -0.1) is 0 Å². The quantitative estimate of drug-likeness (QED) is 0.879. The molecule has 0 aliphatic carbocycles. The van der Waals surface area contributed by atoms with Crippen molar-refractivity contribution in [1.29, 1.82) is 0 Å². The number of carbonyl (C=O) groups is 1. The first-order valence-electron chi connectivity index (χ1n) is 6.40. The first-order valence-corrected chi connectivity index (χ1v) is 7.19. The van der Waals surface area contributed by atoms with Crippen molar-refractivity contribution in [2.75, 3.05) is 13.3 Å². The Morgan fingerprint density at radius 1 is 1.45 bits per heavy atom. The molecule has 1 fully saturated rings. The topological polar surface area (TPSA) is 72.0 Å². The zero-order chi connectivity index (χ0) is 14.1. The lowest BCUT2D eigenvalue weighted by Gasteiger charge is -2.10. The number of hydrogen-bond acceptors (Lipinski definition) is 4. The molecule has 2 N–H and O–H groups in total. The summed E-state index contributed by atoms with van der Waals surface area (Å²) in [7, 11) is 0. The van der Waals surface area contributed by atoms with E-state index in [-0.39, 0.29) is 12.7 Å². The molecular formula is C13H14BrN3O3. The summed E-state index contributed by atoms with van der Waals surface area (Å²) in [4.78, 5) is 16.3. The number of halogens is 1. The Kier molecular flexibility index (Phi) is 3.52. The van der Waals surface area contributed by atoms with E-state index in [1.165, 1.54) is 0 Å². The lowest BCUT2D eigenvalue weighted by Crippen LogP contribution is -2.25. The predicted octanol–water partition coefficient (Wildman–Crippen LogP) is 1.70. The molecule has 7 heteroatoms. The molecule has 2 aliphatic heterocycles. The van der Waals surface area contributed by atoms with Crippen LogP contribution >= 0.6 is 15.9 Å². The third kappa shape index (κ3) is 2.33. The Morgan fingerprint density at radius 3 is 3.10 bits per heavy atom. The molecule has 2 aliphatic rings. The van der Waals surface area contributed by atoms with Gasteiger partial charge in [-0.05, 0) is 40.0 Å². The van der Waals surface area contributed by atoms with Crippen LogP contribution in [-0.2, 0) is 4.79 Å². The molecule has 6 nitrogen and oxygen atoms in total. The summed E-state index contributed by atoms with van der Waals surface area (Å²) in [5, 5.41) is 5.82. The number of benzene rings is 1. The fourth-order valence-corrected chi connectivity index (χ4v) is 2.70. The molecule has 0 aromatic heterocycles. The summed E-state index contributed by atoms with van der Waals surface area (Å²) in [6, 6.07) is 3.21. The molecule has 0 spiro atoms. The van der Waals surface area contributed by atoms with Gasteiger partial charge in [0.15, 0.2) is 17.5 Å². The van der Waals surface area contributed by atoms with E-state index in [0.717, 1.165) is 16.5 Å². The Balaban J connectivity index is 1.87. The summed E-state index contributed by atoms with van der Waals surface area (Å²) in [5.74, 6) is 1.72. The number of ether oxygens (including phenoxy) is 2. The second-order valence-corrected chi connectivity index (χ2v) is 5.39. The average Bonchev–Trinajstić information content (AvgIpc) is 3.02. The van der Waals surface area contributed by atoms with Crippen LogP contribution in [-0.4, -0.2) is 25.2 Å². The molecule has 1 aromatic carbocycles. The Morgan fingerprint density at radius 2 is 2.30 bits per heavy atom. The number of nitrogens with zero attached hydrogens (tertiary/aromatic N) is 1. The molecular weight excluding hydrogens is 326 g/mol. The lowest BCUT2D eigenvalue weighted by molar-refractivity contribution is -0.120. The number of aliphatic imine (C=N–C) groups is 1. The molecule has 106 valence electrons. The molecule has 0 bridgehead atoms. The monoisotopic (exact) mass is 339 g/mol. The number of rotatable bonds is 3. The van der Waals surface area contributed by atoms with E-state index in [9.17, 15) is 4.79 Å². The van der Waals surface area contributed by atoms with Crippen molar-refractivity contribution in [3.05, 3.63) is 22.2 Å². The Hall–Kier alpha value is -1.76. The van der Waals surface area contributed by atoms with Crippen LogP contribution in [0.3, 0.4) is 0 Å². The van der Waals surface area contributed by atoms with Crippen LogP contribution in [0.5, 0.6) is 11.5 Å². The van der Waals surface area contributed by atoms with Crippen LogP contribution in [0.15, 0.2) is 21.6 Å². The van der Waals surface area contributed by atoms with Crippen molar-refractivity contribution >= 4 is 27.8 Å². The van der Waals surface area contributed by atoms with Gasteiger partial charge in [0.2, 0.25) is 6.79 Å². The van der Waals surface area contributed by atoms with Crippen LogP contribution in [0.25, 0.3) is 0 Å². The van der Waals surface area contributed by atoms with Gasteiger partial charge in [0, 0.05) is 6.54 Å². The maximum absolute atomic E-state index is 12.0. The van der Waals surface area contributed by atoms with Crippen LogP contribution in [0.4, 0.5) is 0 Å². The molecule has 2 heterocycles. The maximum atomic E-state index is 12.0. The lowest BCUT2D eigenvalue weighted by atomic mass is 10.1. The fraction of sp³-hybridized carbons (Fsp3) is 0.385. The molecule has 1 saturated heterocycles. The van der Waals surface area contributed by atoms with Crippen molar-refractivity contribution in [2.24, 2.45) is 4.99 Å². The standard InChI is InChI=1S/C13H14BrN3O3/c1-2-3-15-13-16-10(12(18)17-13)7-4-8(14)11-9(5-7)19-6-20-11/h4-5,10H,2-3,6H2,1H3,(H2,15,16,17,18). The largest absolute Gasteiger partial charge is 0.454 e. The highest BCUT2D eigenvalue weighted by atomic mass is 79.9.